The molecule has 0 atom stereocenters. The van der Waals surface area contributed by atoms with E-state index in [9.17, 15) is 9.59 Å². The van der Waals surface area contributed by atoms with Crippen molar-refractivity contribution in [2.24, 2.45) is 0 Å². The summed E-state index contributed by atoms with van der Waals surface area (Å²) < 4.78 is 5.14. The maximum atomic E-state index is 12.2. The largest absolute Gasteiger partial charge is 0.497 e. The van der Waals surface area contributed by atoms with Gasteiger partial charge in [-0.15, -0.1) is 11.3 Å². The summed E-state index contributed by atoms with van der Waals surface area (Å²) in [4.78, 5) is 31.6. The van der Waals surface area contributed by atoms with Gasteiger partial charge in [-0.1, -0.05) is 13.0 Å². The molecule has 0 saturated carbocycles. The molecule has 1 aromatic heterocycles. The highest BCUT2D eigenvalue weighted by molar-refractivity contribution is 7.15. The number of ether oxygens (including phenoxy) is 1. The third-order valence-electron chi connectivity index (χ3n) is 3.81. The van der Waals surface area contributed by atoms with Crippen molar-refractivity contribution < 1.29 is 14.3 Å². The van der Waals surface area contributed by atoms with Gasteiger partial charge in [0, 0.05) is 16.6 Å². The van der Waals surface area contributed by atoms with Crippen LogP contribution in [0.4, 0.5) is 10.8 Å². The van der Waals surface area contributed by atoms with Gasteiger partial charge in [0.05, 0.1) is 25.9 Å². The summed E-state index contributed by atoms with van der Waals surface area (Å²) in [5.41, 5.74) is 1.57. The fraction of sp³-hybridized carbons (Fsp3) is 0.389. The number of aromatic nitrogens is 1. The summed E-state index contributed by atoms with van der Waals surface area (Å²) in [6, 6.07) is 7.14. The molecule has 2 amide bonds. The van der Waals surface area contributed by atoms with Crippen molar-refractivity contribution in [2.75, 3.05) is 37.4 Å². The van der Waals surface area contributed by atoms with Gasteiger partial charge >= 0.3 is 0 Å². The number of likely N-dealkylation sites (N-methyl/N-ethyl adjacent to an activating group) is 1. The number of methoxy groups -OCH3 is 1. The number of anilines is 2. The summed E-state index contributed by atoms with van der Waals surface area (Å²) in [7, 11) is 1.57. The van der Waals surface area contributed by atoms with Gasteiger partial charge in [-0.25, -0.2) is 4.98 Å². The summed E-state index contributed by atoms with van der Waals surface area (Å²) in [6.45, 7) is 6.60. The van der Waals surface area contributed by atoms with Crippen molar-refractivity contribution >= 4 is 34.0 Å². The number of hydrogen-bond acceptors (Lipinski definition) is 6. The molecule has 2 rings (SSSR count). The highest BCUT2D eigenvalue weighted by atomic mass is 32.1. The molecule has 0 aliphatic rings. The molecule has 0 aliphatic carbocycles. The van der Waals surface area contributed by atoms with Gasteiger partial charge in [0.15, 0.2) is 5.13 Å². The monoisotopic (exact) mass is 376 g/mol. The Balaban J connectivity index is 1.87. The third-order valence-corrected chi connectivity index (χ3v) is 4.80. The number of thiazole rings is 1. The minimum Gasteiger partial charge on any atom is -0.497 e. The number of nitrogens with zero attached hydrogens (tertiary/aromatic N) is 2. The summed E-state index contributed by atoms with van der Waals surface area (Å²) in [5, 5.41) is 6.18. The lowest BCUT2D eigenvalue weighted by molar-refractivity contribution is -0.119. The van der Waals surface area contributed by atoms with E-state index in [4.69, 9.17) is 4.74 Å². The summed E-state index contributed by atoms with van der Waals surface area (Å²) in [5.74, 6) is 0.298. The molecule has 0 unspecified atom stereocenters. The minimum atomic E-state index is -0.186. The number of amides is 2. The molecule has 26 heavy (non-hydrogen) atoms. The van der Waals surface area contributed by atoms with E-state index >= 15 is 0 Å². The van der Waals surface area contributed by atoms with E-state index in [0.29, 0.717) is 23.1 Å². The molecule has 0 fully saturated rings. The number of nitrogens with one attached hydrogen (secondary N) is 2. The molecule has 0 aliphatic heterocycles. The van der Waals surface area contributed by atoms with E-state index < -0.39 is 0 Å². The smallest absolute Gasteiger partial charge is 0.240 e. The van der Waals surface area contributed by atoms with Crippen LogP contribution in [-0.4, -0.2) is 48.4 Å². The van der Waals surface area contributed by atoms with Gasteiger partial charge in [-0.05, 0) is 32.5 Å². The minimum absolute atomic E-state index is 0.122. The molecule has 0 bridgehead atoms. The third kappa shape index (κ3) is 5.82. The molecule has 7 nitrogen and oxygen atoms in total. The lowest BCUT2D eigenvalue weighted by atomic mass is 10.3. The first-order chi connectivity index (χ1) is 12.4. The van der Waals surface area contributed by atoms with Crippen LogP contribution in [0.2, 0.25) is 0 Å². The number of rotatable bonds is 8. The molecule has 1 aromatic carbocycles. The van der Waals surface area contributed by atoms with Crippen LogP contribution in [0.5, 0.6) is 5.75 Å². The zero-order valence-corrected chi connectivity index (χ0v) is 16.3. The van der Waals surface area contributed by atoms with Gasteiger partial charge < -0.3 is 15.4 Å². The fourth-order valence-electron chi connectivity index (χ4n) is 2.27. The first-order valence-corrected chi connectivity index (χ1v) is 9.13. The van der Waals surface area contributed by atoms with E-state index in [2.05, 4.69) is 15.6 Å². The Morgan fingerprint density at radius 3 is 2.46 bits per heavy atom. The standard InChI is InChI=1S/C18H24N4O3S/c1-5-22(11-17(24)21-18-19-12(2)13(3)26-18)10-16(23)20-14-7-6-8-15(9-14)25-4/h6-9H,5,10-11H2,1-4H3,(H,20,23)(H,19,21,24). The van der Waals surface area contributed by atoms with Crippen LogP contribution in [0.15, 0.2) is 24.3 Å². The molecule has 0 spiro atoms. The number of carbonyl (C=O) groups is 2. The van der Waals surface area contributed by atoms with Crippen LogP contribution in [0.25, 0.3) is 0 Å². The first kappa shape index (κ1) is 19.9. The van der Waals surface area contributed by atoms with Gasteiger partial charge in [0.25, 0.3) is 0 Å². The lowest BCUT2D eigenvalue weighted by Gasteiger charge is -2.19. The molecule has 1 heterocycles. The van der Waals surface area contributed by atoms with Crippen LogP contribution >= 0.6 is 11.3 Å². The van der Waals surface area contributed by atoms with Gasteiger partial charge in [-0.2, -0.15) is 0 Å². The quantitative estimate of drug-likeness (QED) is 0.740. The molecule has 2 N–H and O–H groups in total. The van der Waals surface area contributed by atoms with Crippen LogP contribution in [0.3, 0.4) is 0 Å². The highest BCUT2D eigenvalue weighted by Gasteiger charge is 2.15. The zero-order chi connectivity index (χ0) is 19.1. The Morgan fingerprint density at radius 1 is 1.19 bits per heavy atom. The Bertz CT molecular complexity index is 756. The van der Waals surface area contributed by atoms with Crippen LogP contribution in [-0.2, 0) is 9.59 Å². The van der Waals surface area contributed by atoms with Gasteiger partial charge in [0.2, 0.25) is 11.8 Å². The predicted octanol–water partition coefficient (Wildman–Crippen LogP) is 2.67. The lowest BCUT2D eigenvalue weighted by Crippen LogP contribution is -2.38. The normalized spacial score (nSPS) is 10.7. The van der Waals surface area contributed by atoms with Crippen LogP contribution in [0.1, 0.15) is 17.5 Å². The molecule has 0 saturated heterocycles. The summed E-state index contributed by atoms with van der Waals surface area (Å²) in [6.07, 6.45) is 0. The van der Waals surface area contributed by atoms with Gasteiger partial charge in [0.1, 0.15) is 5.75 Å². The Hall–Kier alpha value is -2.45. The molecular formula is C18H24N4O3S. The number of benzene rings is 1. The zero-order valence-electron chi connectivity index (χ0n) is 15.5. The van der Waals surface area contributed by atoms with Gasteiger partial charge in [-0.3, -0.25) is 14.5 Å². The van der Waals surface area contributed by atoms with E-state index in [1.165, 1.54) is 11.3 Å². The van der Waals surface area contributed by atoms with E-state index in [-0.39, 0.29) is 24.9 Å². The molecular weight excluding hydrogens is 352 g/mol. The second kappa shape index (κ2) is 9.30. The van der Waals surface area contributed by atoms with Crippen molar-refractivity contribution in [1.82, 2.24) is 9.88 Å². The maximum Gasteiger partial charge on any atom is 0.240 e. The Morgan fingerprint density at radius 2 is 1.88 bits per heavy atom. The number of hydrogen-bond donors (Lipinski definition) is 2. The average molecular weight is 376 g/mol. The molecule has 140 valence electrons. The Labute approximate surface area is 157 Å². The van der Waals surface area contributed by atoms with E-state index in [1.54, 1.807) is 36.3 Å². The number of aryl methyl sites for hydroxylation is 2. The van der Waals surface area contributed by atoms with Crippen LogP contribution < -0.4 is 15.4 Å². The average Bonchev–Trinajstić information content (AvgIpc) is 2.91. The topological polar surface area (TPSA) is 83.6 Å². The first-order valence-electron chi connectivity index (χ1n) is 8.31. The maximum absolute atomic E-state index is 12.2. The molecule has 8 heteroatoms. The SMILES string of the molecule is CCN(CC(=O)Nc1cccc(OC)c1)CC(=O)Nc1nc(C)c(C)s1. The van der Waals surface area contributed by atoms with Crippen molar-refractivity contribution in [2.45, 2.75) is 20.8 Å². The second-order valence-electron chi connectivity index (χ2n) is 5.79. The van der Waals surface area contributed by atoms with Crippen molar-refractivity contribution in [3.8, 4) is 5.75 Å². The highest BCUT2D eigenvalue weighted by Crippen LogP contribution is 2.21. The second-order valence-corrected chi connectivity index (χ2v) is 7.00. The van der Waals surface area contributed by atoms with E-state index in [0.717, 1.165) is 10.6 Å². The van der Waals surface area contributed by atoms with Crippen molar-refractivity contribution in [3.05, 3.63) is 34.8 Å². The van der Waals surface area contributed by atoms with Crippen molar-refractivity contribution in [3.63, 3.8) is 0 Å². The van der Waals surface area contributed by atoms with E-state index in [1.807, 2.05) is 20.8 Å². The molecule has 0 radical (unpaired) electrons. The fourth-order valence-corrected chi connectivity index (χ4v) is 3.10. The van der Waals surface area contributed by atoms with Crippen molar-refractivity contribution in [1.29, 1.82) is 0 Å². The molecule has 2 aromatic rings. The number of carbonyl (C=O) groups excluding carboxylic acids is 2. The summed E-state index contributed by atoms with van der Waals surface area (Å²) >= 11 is 1.44. The Kier molecular flexibility index (Phi) is 7.11. The van der Waals surface area contributed by atoms with Crippen LogP contribution in [0, 0.1) is 13.8 Å². The predicted molar refractivity (Wildman–Crippen MR) is 104 cm³/mol.